The van der Waals surface area contributed by atoms with Gasteiger partial charge in [0.25, 0.3) is 0 Å². The van der Waals surface area contributed by atoms with Crippen molar-refractivity contribution < 1.29 is 0 Å². The molecule has 288 valence electrons. The maximum absolute atomic E-state index is 5.18. The number of thiophene rings is 1. The molecule has 3 heterocycles. The smallest absolute Gasteiger partial charge is 0.164 e. The molecule has 4 nitrogen and oxygen atoms in total. The Morgan fingerprint density at radius 1 is 0.290 bits per heavy atom. The van der Waals surface area contributed by atoms with E-state index < -0.39 is 0 Å². The van der Waals surface area contributed by atoms with Gasteiger partial charge in [0, 0.05) is 53.3 Å². The molecule has 0 bridgehead atoms. The van der Waals surface area contributed by atoms with Crippen LogP contribution in [0, 0.1) is 0 Å². The van der Waals surface area contributed by atoms with E-state index >= 15 is 0 Å². The van der Waals surface area contributed by atoms with Crippen molar-refractivity contribution in [2.75, 3.05) is 0 Å². The van der Waals surface area contributed by atoms with Crippen molar-refractivity contribution in [3.8, 4) is 62.1 Å². The van der Waals surface area contributed by atoms with Gasteiger partial charge in [-0.3, -0.25) is 0 Å². The fourth-order valence-corrected chi connectivity index (χ4v) is 10.5. The van der Waals surface area contributed by atoms with Gasteiger partial charge in [-0.05, 0) is 92.3 Å². The third kappa shape index (κ3) is 5.49. The maximum Gasteiger partial charge on any atom is 0.164 e. The Kier molecular flexibility index (Phi) is 7.74. The van der Waals surface area contributed by atoms with Crippen LogP contribution >= 0.6 is 11.3 Å². The van der Waals surface area contributed by atoms with Crippen molar-refractivity contribution in [2.24, 2.45) is 0 Å². The van der Waals surface area contributed by atoms with Gasteiger partial charge in [0.05, 0.1) is 11.0 Å². The predicted molar refractivity (Wildman–Crippen MR) is 260 cm³/mol. The molecule has 0 N–H and O–H groups in total. The summed E-state index contributed by atoms with van der Waals surface area (Å²) >= 11 is 1.82. The first kappa shape index (κ1) is 34.8. The van der Waals surface area contributed by atoms with Gasteiger partial charge >= 0.3 is 0 Å². The molecule has 0 amide bonds. The lowest BCUT2D eigenvalue weighted by molar-refractivity contribution is 1.07. The van der Waals surface area contributed by atoms with Crippen LogP contribution in [0.1, 0.15) is 0 Å². The molecule has 0 aliphatic heterocycles. The van der Waals surface area contributed by atoms with Crippen LogP contribution in [0.25, 0.3) is 126 Å². The lowest BCUT2D eigenvalue weighted by Gasteiger charge is -2.10. The van der Waals surface area contributed by atoms with E-state index in [0.29, 0.717) is 17.5 Å². The largest absolute Gasteiger partial charge is 0.309 e. The van der Waals surface area contributed by atoms with E-state index in [1.165, 1.54) is 74.6 Å². The number of nitrogens with zero attached hydrogens (tertiary/aromatic N) is 4. The zero-order valence-corrected chi connectivity index (χ0v) is 34.1. The highest BCUT2D eigenvalue weighted by molar-refractivity contribution is 7.25. The van der Waals surface area contributed by atoms with Gasteiger partial charge in [-0.2, -0.15) is 0 Å². The van der Waals surface area contributed by atoms with Crippen molar-refractivity contribution in [1.82, 2.24) is 19.5 Å². The van der Waals surface area contributed by atoms with Gasteiger partial charge in [0.1, 0.15) is 0 Å². The second-order valence-electron chi connectivity index (χ2n) is 16.0. The van der Waals surface area contributed by atoms with Crippen LogP contribution in [0.2, 0.25) is 0 Å². The fraction of sp³-hybridized carbons (Fsp3) is 0. The lowest BCUT2D eigenvalue weighted by Crippen LogP contribution is -2.00. The Morgan fingerprint density at radius 2 is 0.694 bits per heavy atom. The van der Waals surface area contributed by atoms with Gasteiger partial charge in [-0.25, -0.2) is 15.0 Å². The molecule has 0 radical (unpaired) electrons. The molecule has 0 fully saturated rings. The summed E-state index contributed by atoms with van der Waals surface area (Å²) in [5.74, 6) is 1.92. The molecule has 0 aliphatic carbocycles. The molecule has 0 unspecified atom stereocenters. The summed E-state index contributed by atoms with van der Waals surface area (Å²) in [6.07, 6.45) is 0. The van der Waals surface area contributed by atoms with Crippen molar-refractivity contribution in [3.63, 3.8) is 0 Å². The molecular formula is C57H34N4S. The summed E-state index contributed by atoms with van der Waals surface area (Å²) in [5.41, 5.74) is 11.0. The number of benzene rings is 10. The summed E-state index contributed by atoms with van der Waals surface area (Å²) in [5, 5.41) is 10.2. The summed E-state index contributed by atoms with van der Waals surface area (Å²) in [6.45, 7) is 0. The second kappa shape index (κ2) is 13.8. The normalized spacial score (nSPS) is 11.9. The number of fused-ring (bicyclic) bond motifs is 6. The van der Waals surface area contributed by atoms with E-state index in [9.17, 15) is 0 Å². The van der Waals surface area contributed by atoms with Gasteiger partial charge in [-0.1, -0.05) is 158 Å². The van der Waals surface area contributed by atoms with E-state index in [-0.39, 0.29) is 0 Å². The molecule has 13 rings (SSSR count). The third-order valence-corrected chi connectivity index (χ3v) is 13.6. The van der Waals surface area contributed by atoms with E-state index in [1.807, 2.05) is 23.5 Å². The van der Waals surface area contributed by atoms with Crippen LogP contribution in [0.5, 0.6) is 0 Å². The molecule has 3 aromatic heterocycles. The van der Waals surface area contributed by atoms with Crippen LogP contribution in [-0.2, 0) is 0 Å². The monoisotopic (exact) mass is 806 g/mol. The zero-order chi connectivity index (χ0) is 40.7. The van der Waals surface area contributed by atoms with E-state index in [4.69, 9.17) is 15.0 Å². The number of hydrogen-bond acceptors (Lipinski definition) is 4. The van der Waals surface area contributed by atoms with E-state index in [2.05, 4.69) is 199 Å². The first-order chi connectivity index (χ1) is 30.7. The Morgan fingerprint density at radius 3 is 1.23 bits per heavy atom. The molecule has 0 spiro atoms. The highest BCUT2D eigenvalue weighted by Crippen LogP contribution is 2.45. The maximum atomic E-state index is 5.18. The highest BCUT2D eigenvalue weighted by atomic mass is 32.1. The fourth-order valence-electron chi connectivity index (χ4n) is 9.48. The second-order valence-corrected chi connectivity index (χ2v) is 17.1. The first-order valence-corrected chi connectivity index (χ1v) is 21.7. The van der Waals surface area contributed by atoms with Gasteiger partial charge in [0.15, 0.2) is 17.5 Å². The van der Waals surface area contributed by atoms with Crippen molar-refractivity contribution >= 4 is 74.9 Å². The van der Waals surface area contributed by atoms with Crippen LogP contribution < -0.4 is 0 Å². The Hall–Kier alpha value is -7.99. The summed E-state index contributed by atoms with van der Waals surface area (Å²) in [7, 11) is 0. The van der Waals surface area contributed by atoms with Crippen molar-refractivity contribution in [3.05, 3.63) is 206 Å². The molecule has 10 aromatic carbocycles. The predicted octanol–water partition coefficient (Wildman–Crippen LogP) is 15.4. The van der Waals surface area contributed by atoms with Gasteiger partial charge in [0.2, 0.25) is 0 Å². The molecular weight excluding hydrogens is 773 g/mol. The SMILES string of the molecule is c1ccc(-c2ccc(-c3nc(-c4ccc(-c5ccccc5)cc4)nc(-c4ccc5sc6ccc(-n7c8cccc9c%10ccccc%10c%10cccc7c%10c98)cc6c5c4)n3)cc2)cc1. The Balaban J connectivity index is 0.964. The van der Waals surface area contributed by atoms with Crippen LogP contribution in [0.15, 0.2) is 206 Å². The Labute approximate surface area is 361 Å². The van der Waals surface area contributed by atoms with Crippen LogP contribution in [0.4, 0.5) is 0 Å². The van der Waals surface area contributed by atoms with Crippen LogP contribution in [0.3, 0.4) is 0 Å². The highest BCUT2D eigenvalue weighted by Gasteiger charge is 2.20. The number of hydrogen-bond donors (Lipinski definition) is 0. The summed E-state index contributed by atoms with van der Waals surface area (Å²) in [6, 6.07) is 73.8. The van der Waals surface area contributed by atoms with Crippen molar-refractivity contribution in [1.29, 1.82) is 0 Å². The van der Waals surface area contributed by atoms with Gasteiger partial charge < -0.3 is 4.57 Å². The van der Waals surface area contributed by atoms with Crippen molar-refractivity contribution in [2.45, 2.75) is 0 Å². The molecule has 62 heavy (non-hydrogen) atoms. The molecule has 5 heteroatoms. The standard InChI is InChI=1S/C57H34N4S/c1-3-11-35(12-4-1)37-21-25-39(26-22-37)55-58-56(40-27-23-38(24-28-40)36-13-5-2-6-14-36)60-57(59-55)41-29-31-51-47(33-41)48-34-42(30-32-52(48)62-51)61-49-19-9-17-45-43-15-7-8-16-44(43)46-18-10-20-50(61)54(46)53(45)49/h1-34H. The lowest BCUT2D eigenvalue weighted by atomic mass is 9.95. The average molecular weight is 807 g/mol. The minimum Gasteiger partial charge on any atom is -0.309 e. The molecule has 0 saturated carbocycles. The third-order valence-electron chi connectivity index (χ3n) is 12.4. The zero-order valence-electron chi connectivity index (χ0n) is 33.3. The van der Waals surface area contributed by atoms with E-state index in [1.54, 1.807) is 0 Å². The topological polar surface area (TPSA) is 43.6 Å². The molecule has 13 aromatic rings. The molecule has 0 saturated heterocycles. The summed E-state index contributed by atoms with van der Waals surface area (Å²) < 4.78 is 4.92. The van der Waals surface area contributed by atoms with Gasteiger partial charge in [-0.15, -0.1) is 11.3 Å². The average Bonchev–Trinajstić information content (AvgIpc) is 3.90. The molecule has 0 atom stereocenters. The first-order valence-electron chi connectivity index (χ1n) is 20.9. The molecule has 0 aliphatic rings. The summed E-state index contributed by atoms with van der Waals surface area (Å²) in [4.78, 5) is 15.5. The van der Waals surface area contributed by atoms with Crippen LogP contribution in [-0.4, -0.2) is 19.5 Å². The minimum absolute atomic E-state index is 0.638. The van der Waals surface area contributed by atoms with E-state index in [0.717, 1.165) is 33.5 Å². The quantitative estimate of drug-likeness (QED) is 0.157. The Bertz CT molecular complexity index is 3640. The number of aromatic nitrogens is 4. The minimum atomic E-state index is 0.638. The number of rotatable bonds is 6.